The standard InChI is InChI=1S/C43H55NO14/c1-18-14-13-15-19(2)40(50)44-30-21(4)37(56-25(8)45)26-27(33(30)48)31(46)22(5)36-28(26)35(54-17-55-36)20(3)16-43(11,52)39(49)23(6)32(47)29(41(51)53-12)38-24(7)34(18)57-42(9,10)58-38/h13-16,18,23-24,29,32,34,38-39,47-49,52H,17H2,1-12H3,(H,44,50)/b14-13-,19-15?,20-16?. The molecule has 0 radical (unpaired) electrons. The van der Waals surface area contributed by atoms with Gasteiger partial charge in [-0.3, -0.25) is 19.2 Å². The second kappa shape index (κ2) is 16.5. The Morgan fingerprint density at radius 1 is 0.914 bits per heavy atom. The number of esters is 2. The Kier molecular flexibility index (Phi) is 12.6. The number of methoxy groups -OCH3 is 1. The van der Waals surface area contributed by atoms with E-state index in [2.05, 4.69) is 5.32 Å². The Bertz CT molecular complexity index is 2050. The summed E-state index contributed by atoms with van der Waals surface area (Å²) < 4.78 is 35.4. The number of phenolic OH excluding ortho intramolecular Hbond substituents is 1. The second-order valence-corrected chi connectivity index (χ2v) is 16.3. The highest BCUT2D eigenvalue weighted by Gasteiger charge is 2.52. The number of rotatable bonds is 2. The largest absolute Gasteiger partial charge is 0.505 e. The number of benzene rings is 1. The third kappa shape index (κ3) is 8.10. The number of allylic oxidation sites excluding steroid dienone is 5. The second-order valence-electron chi connectivity index (χ2n) is 16.3. The normalized spacial score (nSPS) is 32.3. The van der Waals surface area contributed by atoms with Crippen LogP contribution in [0.2, 0.25) is 0 Å². The van der Waals surface area contributed by atoms with Gasteiger partial charge < -0.3 is 54.2 Å². The van der Waals surface area contributed by atoms with Gasteiger partial charge in [-0.2, -0.15) is 0 Å². The molecule has 1 amide bonds. The highest BCUT2D eigenvalue weighted by atomic mass is 16.7. The van der Waals surface area contributed by atoms with Gasteiger partial charge in [0.2, 0.25) is 6.79 Å². The van der Waals surface area contributed by atoms with Crippen LogP contribution in [-0.4, -0.2) is 93.8 Å². The maximum absolute atomic E-state index is 14.1. The lowest BCUT2D eigenvalue weighted by Gasteiger charge is -2.49. The molecule has 58 heavy (non-hydrogen) atoms. The van der Waals surface area contributed by atoms with E-state index in [0.717, 1.165) is 6.92 Å². The quantitative estimate of drug-likeness (QED) is 0.153. The minimum Gasteiger partial charge on any atom is -0.505 e. The third-order valence-corrected chi connectivity index (χ3v) is 11.4. The molecule has 1 fully saturated rings. The lowest BCUT2D eigenvalue weighted by molar-refractivity contribution is -0.336. The van der Waals surface area contributed by atoms with Crippen molar-refractivity contribution in [2.45, 2.75) is 112 Å². The van der Waals surface area contributed by atoms with Gasteiger partial charge in [0.15, 0.2) is 17.3 Å². The average Bonchev–Trinajstić information content (AvgIpc) is 3.15. The minimum absolute atomic E-state index is 0.0437. The maximum Gasteiger partial charge on any atom is 0.313 e. The van der Waals surface area contributed by atoms with Crippen LogP contribution < -0.4 is 10.1 Å². The van der Waals surface area contributed by atoms with Crippen molar-refractivity contribution >= 4 is 34.9 Å². The molecule has 15 nitrogen and oxygen atoms in total. The van der Waals surface area contributed by atoms with Gasteiger partial charge in [-0.25, -0.2) is 0 Å². The van der Waals surface area contributed by atoms with Crippen LogP contribution in [0.3, 0.4) is 0 Å². The number of nitrogens with one attached hydrogen (secondary N) is 1. The molecular formula is C43H55NO14. The number of ketones is 1. The molecule has 9 atom stereocenters. The van der Waals surface area contributed by atoms with Crippen LogP contribution in [0.15, 0.2) is 52.5 Å². The summed E-state index contributed by atoms with van der Waals surface area (Å²) in [5.74, 6) is -8.14. The number of phenols is 1. The number of hydrogen-bond acceptors (Lipinski definition) is 14. The van der Waals surface area contributed by atoms with Crippen LogP contribution in [0.4, 0.5) is 5.69 Å². The summed E-state index contributed by atoms with van der Waals surface area (Å²) in [6, 6.07) is 0. The van der Waals surface area contributed by atoms with Crippen molar-refractivity contribution in [3.05, 3.63) is 69.2 Å². The average molecular weight is 810 g/mol. The van der Waals surface area contributed by atoms with Crippen LogP contribution in [0.25, 0.3) is 5.57 Å². The predicted octanol–water partition coefficient (Wildman–Crippen LogP) is 4.90. The first-order valence-corrected chi connectivity index (χ1v) is 19.2. The van der Waals surface area contributed by atoms with Gasteiger partial charge in [0.1, 0.15) is 28.8 Å². The molecule has 6 bridgehead atoms. The van der Waals surface area contributed by atoms with E-state index in [4.69, 9.17) is 28.4 Å². The lowest BCUT2D eigenvalue weighted by atomic mass is 9.74. The number of aliphatic hydroxyl groups excluding tert-OH is 2. The number of aromatic hydroxyl groups is 1. The van der Waals surface area contributed by atoms with Crippen LogP contribution >= 0.6 is 0 Å². The van der Waals surface area contributed by atoms with E-state index in [9.17, 15) is 39.6 Å². The van der Waals surface area contributed by atoms with Crippen molar-refractivity contribution in [1.82, 2.24) is 0 Å². The summed E-state index contributed by atoms with van der Waals surface area (Å²) in [5, 5.41) is 50.2. The van der Waals surface area contributed by atoms with Gasteiger partial charge in [-0.05, 0) is 60.1 Å². The molecule has 0 aromatic heterocycles. The molecule has 4 aliphatic heterocycles. The zero-order chi connectivity index (χ0) is 43.3. The highest BCUT2D eigenvalue weighted by Crippen LogP contribution is 2.53. The molecule has 316 valence electrons. The van der Waals surface area contributed by atoms with E-state index in [1.165, 1.54) is 40.9 Å². The fraction of sp³-hybridized carbons (Fsp3) is 0.535. The fourth-order valence-electron chi connectivity index (χ4n) is 8.32. The maximum atomic E-state index is 14.1. The number of carbonyl (C=O) groups excluding carboxylic acids is 4. The Morgan fingerprint density at radius 3 is 2.16 bits per heavy atom. The first-order chi connectivity index (χ1) is 26.9. The molecule has 15 heteroatoms. The summed E-state index contributed by atoms with van der Waals surface area (Å²) >= 11 is 0. The molecule has 1 aromatic carbocycles. The summed E-state index contributed by atoms with van der Waals surface area (Å²) in [6.07, 6.45) is 1.44. The minimum atomic E-state index is -2.11. The number of ether oxygens (including phenoxy) is 6. The highest BCUT2D eigenvalue weighted by molar-refractivity contribution is 6.21. The number of anilines is 1. The number of hydrogen-bond donors (Lipinski definition) is 5. The van der Waals surface area contributed by atoms with Crippen molar-refractivity contribution < 1.29 is 68.0 Å². The van der Waals surface area contributed by atoms with E-state index in [1.54, 1.807) is 45.9 Å². The van der Waals surface area contributed by atoms with Crippen molar-refractivity contribution in [2.75, 3.05) is 19.2 Å². The first-order valence-electron chi connectivity index (χ1n) is 19.2. The number of carbonyl (C=O) groups is 4. The van der Waals surface area contributed by atoms with Gasteiger partial charge >= 0.3 is 11.9 Å². The van der Waals surface area contributed by atoms with E-state index in [-0.39, 0.29) is 74.6 Å². The molecule has 1 aliphatic carbocycles. The molecule has 5 aliphatic rings. The number of fused-ring (bicyclic) bond motifs is 10. The predicted molar refractivity (Wildman–Crippen MR) is 210 cm³/mol. The molecule has 1 saturated heterocycles. The lowest BCUT2D eigenvalue weighted by Crippen LogP contribution is -2.59. The fourth-order valence-corrected chi connectivity index (χ4v) is 8.32. The van der Waals surface area contributed by atoms with Gasteiger partial charge in [0.05, 0.1) is 48.3 Å². The van der Waals surface area contributed by atoms with Crippen LogP contribution in [0.5, 0.6) is 11.5 Å². The number of amides is 1. The molecular weight excluding hydrogens is 754 g/mol. The smallest absolute Gasteiger partial charge is 0.313 e. The Hall–Kier alpha value is -4.80. The Balaban J connectivity index is 1.80. The van der Waals surface area contributed by atoms with E-state index >= 15 is 0 Å². The third-order valence-electron chi connectivity index (χ3n) is 11.4. The summed E-state index contributed by atoms with van der Waals surface area (Å²) in [4.78, 5) is 53.9. The van der Waals surface area contributed by atoms with Crippen molar-refractivity contribution in [3.8, 4) is 11.5 Å². The molecule has 4 heterocycles. The van der Waals surface area contributed by atoms with Gasteiger partial charge in [-0.1, -0.05) is 39.0 Å². The van der Waals surface area contributed by atoms with E-state index < -0.39 is 82.9 Å². The molecule has 5 N–H and O–H groups in total. The Morgan fingerprint density at radius 2 is 1.53 bits per heavy atom. The number of aliphatic hydroxyl groups is 3. The monoisotopic (exact) mass is 809 g/mol. The van der Waals surface area contributed by atoms with Gasteiger partial charge in [0.25, 0.3) is 5.91 Å². The van der Waals surface area contributed by atoms with Crippen molar-refractivity contribution in [3.63, 3.8) is 0 Å². The SMILES string of the molecule is COC(=O)C1C(O)C(C)C(O)C(C)(O)C=C(C)C2=C3C(=C(C)C(=O)c4c(O)c(c(C)c(OC(C)=O)c43)NC(=O)C(C)=C/C=C\C(C)C3OC(C)(C)OC1C3C)OCO2. The van der Waals surface area contributed by atoms with Gasteiger partial charge in [0, 0.05) is 47.0 Å². The molecule has 6 rings (SSSR count). The number of Topliss-reactive ketones (excluding diaryl/α,β-unsaturated/α-hetero) is 1. The van der Waals surface area contributed by atoms with E-state index in [1.807, 2.05) is 13.8 Å². The summed E-state index contributed by atoms with van der Waals surface area (Å²) in [6.45, 7) is 16.7. The molecule has 0 saturated carbocycles. The summed E-state index contributed by atoms with van der Waals surface area (Å²) in [5.41, 5.74) is -1.95. The topological polar surface area (TPSA) is 217 Å². The van der Waals surface area contributed by atoms with E-state index in [0.29, 0.717) is 0 Å². The zero-order valence-corrected chi connectivity index (χ0v) is 35.0. The summed E-state index contributed by atoms with van der Waals surface area (Å²) in [7, 11) is 1.18. The van der Waals surface area contributed by atoms with Crippen LogP contribution in [0, 0.1) is 30.6 Å². The van der Waals surface area contributed by atoms with Gasteiger partial charge in [-0.15, -0.1) is 0 Å². The molecule has 1 aromatic rings. The molecule has 0 spiro atoms. The Labute approximate surface area is 338 Å². The van der Waals surface area contributed by atoms with Crippen LogP contribution in [-0.2, 0) is 38.1 Å². The zero-order valence-electron chi connectivity index (χ0n) is 35.0. The van der Waals surface area contributed by atoms with Crippen LogP contribution in [0.1, 0.15) is 90.7 Å². The van der Waals surface area contributed by atoms with Crippen molar-refractivity contribution in [1.29, 1.82) is 0 Å². The van der Waals surface area contributed by atoms with Crippen molar-refractivity contribution in [2.24, 2.45) is 23.7 Å². The first kappa shape index (κ1) is 44.3. The molecule has 9 unspecified atom stereocenters.